The number of rotatable bonds is 6. The average molecular weight is 401 g/mol. The van der Waals surface area contributed by atoms with Gasteiger partial charge in [-0.3, -0.25) is 14.5 Å². The summed E-state index contributed by atoms with van der Waals surface area (Å²) < 4.78 is 41.1. The highest BCUT2D eigenvalue weighted by Crippen LogP contribution is 2.31. The molecule has 0 saturated carbocycles. The Kier molecular flexibility index (Phi) is 4.86. The first kappa shape index (κ1) is 19.2. The Labute approximate surface area is 164 Å². The highest BCUT2D eigenvalue weighted by Gasteiger charge is 2.37. The molecule has 29 heavy (non-hydrogen) atoms. The van der Waals surface area contributed by atoms with Crippen molar-refractivity contribution in [3.8, 4) is 0 Å². The van der Waals surface area contributed by atoms with E-state index in [9.17, 15) is 22.8 Å². The molecule has 0 N–H and O–H groups in total. The number of imidazole rings is 1. The van der Waals surface area contributed by atoms with E-state index in [0.29, 0.717) is 41.4 Å². The van der Waals surface area contributed by atoms with Crippen molar-refractivity contribution in [3.63, 3.8) is 0 Å². The van der Waals surface area contributed by atoms with Crippen molar-refractivity contribution >= 4 is 22.8 Å². The monoisotopic (exact) mass is 401 g/mol. The number of hydrogen-bond donors (Lipinski definition) is 0. The molecule has 0 aliphatic carbocycles. The van der Waals surface area contributed by atoms with Crippen LogP contribution in [0.15, 0.2) is 48.5 Å². The molecule has 0 spiro atoms. The fraction of sp³-hybridized carbons (Fsp3) is 0.286. The molecular formula is C21H18F3N3O2. The second-order valence-electron chi connectivity index (χ2n) is 6.94. The van der Waals surface area contributed by atoms with Crippen LogP contribution < -0.4 is 0 Å². The molecule has 0 atom stereocenters. The third-order valence-electron chi connectivity index (χ3n) is 5.05. The number of para-hydroxylation sites is 2. The van der Waals surface area contributed by atoms with Crippen molar-refractivity contribution in [2.24, 2.45) is 0 Å². The number of amides is 2. The van der Waals surface area contributed by atoms with Gasteiger partial charge >= 0.3 is 6.18 Å². The fourth-order valence-electron chi connectivity index (χ4n) is 3.68. The van der Waals surface area contributed by atoms with Gasteiger partial charge in [-0.15, -0.1) is 0 Å². The number of carbonyl (C=O) groups excluding carboxylic acids is 2. The van der Waals surface area contributed by atoms with E-state index in [4.69, 9.17) is 0 Å². The molecule has 5 nitrogen and oxygen atoms in total. The highest BCUT2D eigenvalue weighted by atomic mass is 19.4. The molecule has 2 heterocycles. The third-order valence-corrected chi connectivity index (χ3v) is 5.05. The summed E-state index contributed by atoms with van der Waals surface area (Å²) in [6.07, 6.45) is -2.94. The molecule has 8 heteroatoms. The van der Waals surface area contributed by atoms with Crippen LogP contribution in [-0.2, 0) is 12.7 Å². The molecule has 1 aromatic heterocycles. The molecule has 0 saturated heterocycles. The Balaban J connectivity index is 1.38. The SMILES string of the molecule is O=C1c2ccccc2C(=O)N1CCCCCn1c(C(F)(F)F)nc2ccccc21. The predicted molar refractivity (Wildman–Crippen MR) is 100 cm³/mol. The predicted octanol–water partition coefficient (Wildman–Crippen LogP) is 4.52. The van der Waals surface area contributed by atoms with Crippen LogP contribution in [0.2, 0.25) is 0 Å². The number of fused-ring (bicyclic) bond motifs is 2. The Hall–Kier alpha value is -3.16. The molecule has 3 aromatic rings. The Bertz CT molecular complexity index is 1050. The minimum Gasteiger partial charge on any atom is -0.320 e. The van der Waals surface area contributed by atoms with Crippen LogP contribution in [0.5, 0.6) is 0 Å². The second kappa shape index (κ2) is 7.35. The number of nitrogens with zero attached hydrogens (tertiary/aromatic N) is 3. The Morgan fingerprint density at radius 3 is 2.03 bits per heavy atom. The van der Waals surface area contributed by atoms with Gasteiger partial charge in [0.15, 0.2) is 0 Å². The van der Waals surface area contributed by atoms with Gasteiger partial charge in [0.2, 0.25) is 5.82 Å². The van der Waals surface area contributed by atoms with Crippen molar-refractivity contribution in [2.45, 2.75) is 32.0 Å². The van der Waals surface area contributed by atoms with E-state index in [1.165, 1.54) is 9.47 Å². The van der Waals surface area contributed by atoms with Crippen LogP contribution in [0.25, 0.3) is 11.0 Å². The van der Waals surface area contributed by atoms with Crippen molar-refractivity contribution < 1.29 is 22.8 Å². The fourth-order valence-corrected chi connectivity index (χ4v) is 3.68. The van der Waals surface area contributed by atoms with Crippen LogP contribution in [0.1, 0.15) is 45.8 Å². The molecule has 0 unspecified atom stereocenters. The average Bonchev–Trinajstić information content (AvgIpc) is 3.19. The van der Waals surface area contributed by atoms with E-state index in [1.54, 1.807) is 48.5 Å². The standard InChI is InChI=1S/C21H18F3N3O2/c22-21(23,24)20-25-16-10-4-5-11-17(16)26(20)12-6-1-7-13-27-18(28)14-8-2-3-9-15(14)19(27)29/h2-5,8-11H,1,6-7,12-13H2. The number of alkyl halides is 3. The largest absolute Gasteiger partial charge is 0.449 e. The molecule has 0 radical (unpaired) electrons. The highest BCUT2D eigenvalue weighted by molar-refractivity contribution is 6.21. The van der Waals surface area contributed by atoms with Gasteiger partial charge < -0.3 is 4.57 Å². The van der Waals surface area contributed by atoms with Gasteiger partial charge in [-0.2, -0.15) is 13.2 Å². The van der Waals surface area contributed by atoms with Crippen LogP contribution >= 0.6 is 0 Å². The number of hydrogen-bond acceptors (Lipinski definition) is 3. The maximum atomic E-state index is 13.3. The van der Waals surface area contributed by atoms with Crippen LogP contribution in [0.3, 0.4) is 0 Å². The molecule has 0 bridgehead atoms. The van der Waals surface area contributed by atoms with E-state index in [-0.39, 0.29) is 24.9 Å². The Morgan fingerprint density at radius 1 is 0.793 bits per heavy atom. The molecule has 2 amide bonds. The smallest absolute Gasteiger partial charge is 0.320 e. The number of aryl methyl sites for hydroxylation is 1. The lowest BCUT2D eigenvalue weighted by Crippen LogP contribution is -2.30. The topological polar surface area (TPSA) is 55.2 Å². The van der Waals surface area contributed by atoms with Gasteiger partial charge in [-0.1, -0.05) is 24.3 Å². The number of benzene rings is 2. The molecule has 1 aliphatic rings. The summed E-state index contributed by atoms with van der Waals surface area (Å²) in [4.78, 5) is 29.6. The normalized spacial score (nSPS) is 14.1. The lowest BCUT2D eigenvalue weighted by molar-refractivity contribution is -0.147. The summed E-state index contributed by atoms with van der Waals surface area (Å²) in [5, 5.41) is 0. The molecule has 2 aromatic carbocycles. The van der Waals surface area contributed by atoms with Gasteiger partial charge in [-0.25, -0.2) is 4.98 Å². The summed E-state index contributed by atoms with van der Waals surface area (Å²) in [6.45, 7) is 0.417. The van der Waals surface area contributed by atoms with Crippen molar-refractivity contribution in [3.05, 3.63) is 65.5 Å². The van der Waals surface area contributed by atoms with Gasteiger partial charge in [0.1, 0.15) is 0 Å². The molecular weight excluding hydrogens is 383 g/mol. The number of halogens is 3. The lowest BCUT2D eigenvalue weighted by atomic mass is 10.1. The number of unbranched alkanes of at least 4 members (excludes halogenated alkanes) is 2. The van der Waals surface area contributed by atoms with Crippen molar-refractivity contribution in [2.75, 3.05) is 6.54 Å². The maximum absolute atomic E-state index is 13.3. The second-order valence-corrected chi connectivity index (χ2v) is 6.94. The minimum absolute atomic E-state index is 0.164. The minimum atomic E-state index is -4.53. The molecule has 4 rings (SSSR count). The van der Waals surface area contributed by atoms with Crippen molar-refractivity contribution in [1.82, 2.24) is 14.5 Å². The van der Waals surface area contributed by atoms with E-state index < -0.39 is 12.0 Å². The van der Waals surface area contributed by atoms with Gasteiger partial charge in [-0.05, 0) is 43.5 Å². The van der Waals surface area contributed by atoms with Gasteiger partial charge in [0.05, 0.1) is 22.2 Å². The first-order valence-corrected chi connectivity index (χ1v) is 9.35. The summed E-state index contributed by atoms with van der Waals surface area (Å²) in [6, 6.07) is 13.2. The molecule has 0 fully saturated rings. The first-order chi connectivity index (χ1) is 13.9. The maximum Gasteiger partial charge on any atom is 0.449 e. The zero-order chi connectivity index (χ0) is 20.6. The Morgan fingerprint density at radius 2 is 1.38 bits per heavy atom. The van der Waals surface area contributed by atoms with Crippen LogP contribution in [0, 0.1) is 0 Å². The van der Waals surface area contributed by atoms with Crippen molar-refractivity contribution in [1.29, 1.82) is 0 Å². The zero-order valence-electron chi connectivity index (χ0n) is 15.4. The summed E-state index contributed by atoms with van der Waals surface area (Å²) in [5.74, 6) is -1.53. The number of carbonyl (C=O) groups is 2. The van der Waals surface area contributed by atoms with E-state index in [2.05, 4.69) is 4.98 Å². The van der Waals surface area contributed by atoms with E-state index in [1.807, 2.05) is 0 Å². The van der Waals surface area contributed by atoms with Gasteiger partial charge in [0, 0.05) is 13.1 Å². The van der Waals surface area contributed by atoms with Gasteiger partial charge in [0.25, 0.3) is 11.8 Å². The quantitative estimate of drug-likeness (QED) is 0.451. The number of aromatic nitrogens is 2. The third kappa shape index (κ3) is 3.50. The lowest BCUT2D eigenvalue weighted by Gasteiger charge is -2.14. The van der Waals surface area contributed by atoms with Crippen LogP contribution in [0.4, 0.5) is 13.2 Å². The summed E-state index contributed by atoms with van der Waals surface area (Å²) in [7, 11) is 0. The molecule has 1 aliphatic heterocycles. The zero-order valence-corrected chi connectivity index (χ0v) is 15.4. The van der Waals surface area contributed by atoms with Crippen LogP contribution in [-0.4, -0.2) is 32.8 Å². The summed E-state index contributed by atoms with van der Waals surface area (Å²) >= 11 is 0. The first-order valence-electron chi connectivity index (χ1n) is 9.35. The van der Waals surface area contributed by atoms with E-state index >= 15 is 0 Å². The summed E-state index contributed by atoms with van der Waals surface area (Å²) in [5.41, 5.74) is 1.56. The molecule has 150 valence electrons. The number of imide groups is 1. The van der Waals surface area contributed by atoms with E-state index in [0.717, 1.165) is 0 Å².